The van der Waals surface area contributed by atoms with Gasteiger partial charge in [-0.05, 0) is 112 Å². The van der Waals surface area contributed by atoms with E-state index in [0.717, 1.165) is 43.3 Å². The van der Waals surface area contributed by atoms with Crippen LogP contribution < -0.4 is 4.74 Å². The molecule has 3 aliphatic rings. The van der Waals surface area contributed by atoms with E-state index in [1.807, 2.05) is 0 Å². The van der Waals surface area contributed by atoms with Crippen molar-refractivity contribution in [3.05, 3.63) is 40.5 Å². The molecule has 1 aromatic carbocycles. The van der Waals surface area contributed by atoms with Crippen LogP contribution in [-0.4, -0.2) is 45.9 Å². The summed E-state index contributed by atoms with van der Waals surface area (Å²) in [6.07, 6.45) is 7.86. The highest BCUT2D eigenvalue weighted by atomic mass is 16.5. The molecular formula is C26H39NO2. The number of ether oxygens (including phenoxy) is 2. The summed E-state index contributed by atoms with van der Waals surface area (Å²) in [5, 5.41) is 0. The Morgan fingerprint density at radius 2 is 2.00 bits per heavy atom. The van der Waals surface area contributed by atoms with Crippen LogP contribution in [-0.2, 0) is 11.2 Å². The van der Waals surface area contributed by atoms with E-state index >= 15 is 0 Å². The highest BCUT2D eigenvalue weighted by Crippen LogP contribution is 2.63. The number of aryl methyl sites for hydroxylation is 1. The van der Waals surface area contributed by atoms with Crippen LogP contribution in [0, 0.1) is 17.3 Å². The first-order valence-electron chi connectivity index (χ1n) is 11.5. The first kappa shape index (κ1) is 20.9. The molecule has 0 amide bonds. The average Bonchev–Trinajstić information content (AvgIpc) is 3.07. The van der Waals surface area contributed by atoms with Gasteiger partial charge in [0.1, 0.15) is 5.75 Å². The van der Waals surface area contributed by atoms with E-state index in [-0.39, 0.29) is 0 Å². The second-order valence-corrected chi connectivity index (χ2v) is 10.1. The van der Waals surface area contributed by atoms with Crippen molar-refractivity contribution in [1.29, 1.82) is 0 Å². The largest absolute Gasteiger partial charge is 0.497 e. The minimum absolute atomic E-state index is 0.389. The zero-order valence-corrected chi connectivity index (χ0v) is 19.1. The predicted octanol–water partition coefficient (Wildman–Crippen LogP) is 5.45. The smallest absolute Gasteiger partial charge is 0.119 e. The maximum absolute atomic E-state index is 6.01. The van der Waals surface area contributed by atoms with E-state index in [1.165, 1.54) is 49.7 Å². The molecule has 160 valence electrons. The zero-order valence-electron chi connectivity index (χ0n) is 19.1. The average molecular weight is 398 g/mol. The molecule has 0 N–H and O–H groups in total. The third kappa shape index (κ3) is 3.88. The van der Waals surface area contributed by atoms with Crippen LogP contribution in [0.25, 0.3) is 0 Å². The Kier molecular flexibility index (Phi) is 6.09. The maximum atomic E-state index is 6.01. The summed E-state index contributed by atoms with van der Waals surface area (Å²) in [5.74, 6) is 3.44. The van der Waals surface area contributed by atoms with Crippen molar-refractivity contribution in [2.45, 2.75) is 58.3 Å². The molecule has 0 spiro atoms. The van der Waals surface area contributed by atoms with Crippen molar-refractivity contribution in [2.75, 3.05) is 41.0 Å². The lowest BCUT2D eigenvalue weighted by Crippen LogP contribution is -2.40. The Labute approximate surface area is 177 Å². The summed E-state index contributed by atoms with van der Waals surface area (Å²) in [5.41, 5.74) is 6.78. The second kappa shape index (κ2) is 8.43. The topological polar surface area (TPSA) is 21.7 Å². The van der Waals surface area contributed by atoms with Crippen molar-refractivity contribution < 1.29 is 9.47 Å². The molecule has 0 saturated heterocycles. The molecule has 0 radical (unpaired) electrons. The van der Waals surface area contributed by atoms with Crippen molar-refractivity contribution >= 4 is 0 Å². The molecule has 0 bridgehead atoms. The molecule has 3 nitrogen and oxygen atoms in total. The van der Waals surface area contributed by atoms with Gasteiger partial charge in [-0.25, -0.2) is 0 Å². The molecule has 2 saturated carbocycles. The molecule has 1 aromatic rings. The van der Waals surface area contributed by atoms with Gasteiger partial charge in [0.15, 0.2) is 0 Å². The van der Waals surface area contributed by atoms with Crippen LogP contribution in [0.5, 0.6) is 5.75 Å². The van der Waals surface area contributed by atoms with Crippen molar-refractivity contribution in [2.24, 2.45) is 17.3 Å². The van der Waals surface area contributed by atoms with Gasteiger partial charge < -0.3 is 14.4 Å². The summed E-state index contributed by atoms with van der Waals surface area (Å²) in [6, 6.07) is 6.82. The van der Waals surface area contributed by atoms with Crippen molar-refractivity contribution in [1.82, 2.24) is 4.90 Å². The molecule has 3 aliphatic carbocycles. The van der Waals surface area contributed by atoms with Crippen LogP contribution >= 0.6 is 0 Å². The highest BCUT2D eigenvalue weighted by molar-refractivity contribution is 5.41. The van der Waals surface area contributed by atoms with Gasteiger partial charge in [0, 0.05) is 6.54 Å². The summed E-state index contributed by atoms with van der Waals surface area (Å²) in [4.78, 5) is 2.19. The van der Waals surface area contributed by atoms with E-state index < -0.39 is 0 Å². The number of benzene rings is 1. The number of allylic oxidation sites excluding steroid dienone is 1. The third-order valence-electron chi connectivity index (χ3n) is 8.23. The first-order chi connectivity index (χ1) is 13.9. The van der Waals surface area contributed by atoms with E-state index in [0.29, 0.717) is 5.41 Å². The SMILES string of the molecule is COc1ccc2c(c1)CCC1C2CCC2(C)/C(=C(\C)COCCN(C)C)CCC12. The standard InChI is InChI=1S/C26H39NO2/c1-18(17-29-15-14-27(3)4)24-10-11-25-23-8-6-19-16-20(28-5)7-9-21(19)22(23)12-13-26(24,25)2/h7,9,16,22-23,25H,6,8,10-15,17H2,1-5H3/b24-18+. The molecule has 0 aliphatic heterocycles. The van der Waals surface area contributed by atoms with Gasteiger partial charge in [0.25, 0.3) is 0 Å². The van der Waals surface area contributed by atoms with Gasteiger partial charge in [-0.3, -0.25) is 0 Å². The van der Waals surface area contributed by atoms with Crippen LogP contribution in [0.2, 0.25) is 0 Å². The summed E-state index contributed by atoms with van der Waals surface area (Å²) in [6.45, 7) is 7.53. The molecule has 4 rings (SSSR count). The number of nitrogens with zero attached hydrogens (tertiary/aromatic N) is 1. The van der Waals surface area contributed by atoms with E-state index in [4.69, 9.17) is 9.47 Å². The molecule has 0 aromatic heterocycles. The third-order valence-corrected chi connectivity index (χ3v) is 8.23. The van der Waals surface area contributed by atoms with Crippen molar-refractivity contribution in [3.63, 3.8) is 0 Å². The lowest BCUT2D eigenvalue weighted by atomic mass is 9.55. The highest BCUT2D eigenvalue weighted by Gasteiger charge is 2.52. The Morgan fingerprint density at radius 3 is 2.76 bits per heavy atom. The minimum Gasteiger partial charge on any atom is -0.497 e. The fourth-order valence-electron chi connectivity index (χ4n) is 6.76. The summed E-state index contributed by atoms with van der Waals surface area (Å²) < 4.78 is 11.5. The minimum atomic E-state index is 0.389. The number of hydrogen-bond donors (Lipinski definition) is 0. The van der Waals surface area contributed by atoms with Gasteiger partial charge >= 0.3 is 0 Å². The number of methoxy groups -OCH3 is 1. The predicted molar refractivity (Wildman–Crippen MR) is 120 cm³/mol. The summed E-state index contributed by atoms with van der Waals surface area (Å²) >= 11 is 0. The maximum Gasteiger partial charge on any atom is 0.119 e. The number of fused-ring (bicyclic) bond motifs is 5. The van der Waals surface area contributed by atoms with Gasteiger partial charge in [-0.1, -0.05) is 18.6 Å². The van der Waals surface area contributed by atoms with E-state index in [9.17, 15) is 0 Å². The number of rotatable bonds is 6. The van der Waals surface area contributed by atoms with Crippen LogP contribution in [0.4, 0.5) is 0 Å². The van der Waals surface area contributed by atoms with Crippen LogP contribution in [0.3, 0.4) is 0 Å². The lowest BCUT2D eigenvalue weighted by Gasteiger charge is -2.50. The van der Waals surface area contributed by atoms with Gasteiger partial charge in [-0.2, -0.15) is 0 Å². The van der Waals surface area contributed by atoms with Gasteiger partial charge in [0.05, 0.1) is 20.3 Å². The van der Waals surface area contributed by atoms with E-state index in [2.05, 4.69) is 51.0 Å². The monoisotopic (exact) mass is 397 g/mol. The fourth-order valence-corrected chi connectivity index (χ4v) is 6.76. The number of hydrogen-bond acceptors (Lipinski definition) is 3. The fraction of sp³-hybridized carbons (Fsp3) is 0.692. The van der Waals surface area contributed by atoms with Gasteiger partial charge in [0.2, 0.25) is 0 Å². The van der Waals surface area contributed by atoms with Crippen molar-refractivity contribution in [3.8, 4) is 5.75 Å². The second-order valence-electron chi connectivity index (χ2n) is 10.1. The van der Waals surface area contributed by atoms with Gasteiger partial charge in [-0.15, -0.1) is 0 Å². The lowest BCUT2D eigenvalue weighted by molar-refractivity contribution is 0.0792. The van der Waals surface area contributed by atoms with Crippen LogP contribution in [0.1, 0.15) is 63.0 Å². The molecule has 3 heteroatoms. The molecule has 2 fully saturated rings. The number of likely N-dealkylation sites (N-methyl/N-ethyl adjacent to an activating group) is 1. The Morgan fingerprint density at radius 1 is 1.17 bits per heavy atom. The Balaban J connectivity index is 1.50. The Hall–Kier alpha value is -1.32. The normalized spacial score (nSPS) is 32.6. The molecule has 4 unspecified atom stereocenters. The Bertz CT molecular complexity index is 768. The zero-order chi connectivity index (χ0) is 20.6. The van der Waals surface area contributed by atoms with Crippen LogP contribution in [0.15, 0.2) is 29.3 Å². The first-order valence-corrected chi connectivity index (χ1v) is 11.5. The molecular weight excluding hydrogens is 358 g/mol. The molecule has 0 heterocycles. The molecule has 4 atom stereocenters. The quantitative estimate of drug-likeness (QED) is 0.471. The molecule has 29 heavy (non-hydrogen) atoms. The van der Waals surface area contributed by atoms with E-state index in [1.54, 1.807) is 18.2 Å². The summed E-state index contributed by atoms with van der Waals surface area (Å²) in [7, 11) is 5.99.